The van der Waals surface area contributed by atoms with Crippen molar-refractivity contribution < 1.29 is 106 Å². The molecule has 2 heterocycles. The minimum Gasteiger partial charge on any atom is -0.553 e. The Morgan fingerprint density at radius 2 is 1.18 bits per heavy atom. The van der Waals surface area contributed by atoms with Crippen molar-refractivity contribution in [3.8, 4) is 28.7 Å². The number of ether oxygens (including phenoxy) is 6. The Morgan fingerprint density at radius 3 is 1.58 bits per heavy atom. The zero-order valence-corrected chi connectivity index (χ0v) is 39.1. The zero-order valence-electron chi connectivity index (χ0n) is 35.3. The first-order valence-corrected chi connectivity index (χ1v) is 22.0. The molecule has 20 heteroatoms. The van der Waals surface area contributed by atoms with Crippen LogP contribution in [0.2, 0.25) is 0 Å². The number of fused-ring (bicyclic) bond motifs is 2. The average molecular weight is 888 g/mol. The van der Waals surface area contributed by atoms with E-state index in [1.165, 1.54) is 20.9 Å². The second-order valence-electron chi connectivity index (χ2n) is 13.5. The predicted octanol–water partition coefficient (Wildman–Crippen LogP) is 4.94. The summed E-state index contributed by atoms with van der Waals surface area (Å²) in [4.78, 5) is 33.2. The molecule has 0 bridgehead atoms. The molecule has 0 fully saturated rings. The van der Waals surface area contributed by atoms with Crippen LogP contribution in [0.25, 0.3) is 5.90 Å². The molecule has 2 aliphatic rings. The van der Waals surface area contributed by atoms with E-state index in [1.54, 1.807) is 25.1 Å². The van der Waals surface area contributed by atoms with Crippen LogP contribution >= 0.6 is 15.0 Å². The summed E-state index contributed by atoms with van der Waals surface area (Å²) in [6.07, 6.45) is 3.88. The van der Waals surface area contributed by atoms with Crippen molar-refractivity contribution in [1.82, 2.24) is 0 Å². The monoisotopic (exact) mass is 887 g/mol. The summed E-state index contributed by atoms with van der Waals surface area (Å²) >= 11 is 0. The van der Waals surface area contributed by atoms with Gasteiger partial charge in [-0.3, -0.25) is 9.13 Å². The zero-order chi connectivity index (χ0) is 44.1. The van der Waals surface area contributed by atoms with Gasteiger partial charge >= 0.3 is 49.1 Å². The van der Waals surface area contributed by atoms with Gasteiger partial charge in [-0.2, -0.15) is 0 Å². The van der Waals surface area contributed by atoms with Gasteiger partial charge < -0.3 is 63.7 Å². The van der Waals surface area contributed by atoms with Crippen LogP contribution in [0.1, 0.15) is 67.9 Å². The molecule has 324 valence electrons. The van der Waals surface area contributed by atoms with Gasteiger partial charge in [0.1, 0.15) is 65.8 Å². The number of phenols is 2. The van der Waals surface area contributed by atoms with Gasteiger partial charge in [0.2, 0.25) is 0 Å². The van der Waals surface area contributed by atoms with E-state index in [9.17, 15) is 33.8 Å². The molecule has 2 aliphatic heterocycles. The maximum Gasteiger partial charge on any atom is 1.00 e. The van der Waals surface area contributed by atoms with Crippen molar-refractivity contribution in [2.75, 3.05) is 53.9 Å². The molecular formula is C40H52NNaO16P2. The third-order valence-corrected chi connectivity index (χ3v) is 11.5. The summed E-state index contributed by atoms with van der Waals surface area (Å²) in [6.45, 7) is 9.48. The first kappa shape index (κ1) is 52.4. The van der Waals surface area contributed by atoms with E-state index in [1.807, 2.05) is 45.0 Å². The SMILES string of the molecule is COc1c(C)c2c(c(O)c1C/C=C(\C)COCP(=O)(O)OC)C(=O)OC2.COc1c(C)c2c(c(O)c1C/C=C(\C)COCP(C)(=O)Oc1ccccc1)C(=O)OC2.[NH-]O.[Na+]. The van der Waals surface area contributed by atoms with Gasteiger partial charge in [-0.1, -0.05) is 41.5 Å². The number of hydrogen-bond donors (Lipinski definition) is 4. The fraction of sp³-hybridized carbons (Fsp3) is 0.400. The molecule has 0 aromatic heterocycles. The summed E-state index contributed by atoms with van der Waals surface area (Å²) in [6, 6.07) is 8.97. The first-order chi connectivity index (χ1) is 27.9. The van der Waals surface area contributed by atoms with E-state index in [0.29, 0.717) is 52.3 Å². The molecule has 0 spiro atoms. The molecule has 60 heavy (non-hydrogen) atoms. The Hall–Kier alpha value is -3.70. The fourth-order valence-electron chi connectivity index (χ4n) is 6.20. The van der Waals surface area contributed by atoms with Crippen molar-refractivity contribution in [2.24, 2.45) is 0 Å². The minimum absolute atomic E-state index is 0. The minimum atomic E-state index is -3.71. The molecule has 3 aromatic rings. The molecule has 0 aliphatic carbocycles. The number of carbonyl (C=O) groups excluding carboxylic acids is 2. The molecule has 2 atom stereocenters. The molecule has 0 amide bonds. The Balaban J connectivity index is 0.000000396. The molecule has 0 saturated carbocycles. The Labute approximate surface area is 371 Å². The quantitative estimate of drug-likeness (QED) is 0.0461. The number of hydrogen-bond acceptors (Lipinski definition) is 15. The van der Waals surface area contributed by atoms with Gasteiger partial charge in [0.05, 0.1) is 27.4 Å². The summed E-state index contributed by atoms with van der Waals surface area (Å²) in [5.74, 6) is 5.00. The van der Waals surface area contributed by atoms with E-state index in [-0.39, 0.29) is 85.0 Å². The molecule has 0 saturated heterocycles. The van der Waals surface area contributed by atoms with Crippen LogP contribution in [0.3, 0.4) is 0 Å². The van der Waals surface area contributed by atoms with Crippen LogP contribution in [0, 0.1) is 13.8 Å². The number of allylic oxidation sites excluding steroid dienone is 2. The van der Waals surface area contributed by atoms with Crippen LogP contribution in [-0.2, 0) is 58.7 Å². The molecule has 5 N–H and O–H groups in total. The van der Waals surface area contributed by atoms with Crippen molar-refractivity contribution in [3.63, 3.8) is 0 Å². The molecule has 0 radical (unpaired) electrons. The average Bonchev–Trinajstić information content (AvgIpc) is 3.80. The number of carbonyl (C=O) groups is 2. The largest absolute Gasteiger partial charge is 1.00 e. The smallest absolute Gasteiger partial charge is 0.553 e. The summed E-state index contributed by atoms with van der Waals surface area (Å²) in [5.41, 5.74) is 5.87. The van der Waals surface area contributed by atoms with Gasteiger partial charge in [-0.05, 0) is 63.8 Å². The van der Waals surface area contributed by atoms with Crippen LogP contribution in [0.5, 0.6) is 28.7 Å². The van der Waals surface area contributed by atoms with Gasteiger partial charge in [0, 0.05) is 36.0 Å². The topological polar surface area (TPSA) is 247 Å². The number of aromatic hydroxyl groups is 2. The maximum absolute atomic E-state index is 12.6. The van der Waals surface area contributed by atoms with Crippen molar-refractivity contribution in [2.45, 2.75) is 53.8 Å². The molecular weight excluding hydrogens is 835 g/mol. The Bertz CT molecular complexity index is 2140. The second kappa shape index (κ2) is 24.1. The number of esters is 2. The fourth-order valence-corrected chi connectivity index (χ4v) is 7.68. The van der Waals surface area contributed by atoms with Crippen LogP contribution in [0.15, 0.2) is 53.6 Å². The van der Waals surface area contributed by atoms with E-state index >= 15 is 0 Å². The van der Waals surface area contributed by atoms with Crippen molar-refractivity contribution in [1.29, 1.82) is 0 Å². The number of benzene rings is 3. The molecule has 5 rings (SSSR count). The van der Waals surface area contributed by atoms with Gasteiger partial charge in [-0.25, -0.2) is 9.59 Å². The number of rotatable bonds is 17. The van der Waals surface area contributed by atoms with Crippen molar-refractivity contribution in [3.05, 3.63) is 104 Å². The van der Waals surface area contributed by atoms with E-state index in [2.05, 4.69) is 4.52 Å². The number of methoxy groups -OCH3 is 2. The number of phenolic OH excluding ortho intramolecular Hbond substituents is 2. The summed E-state index contributed by atoms with van der Waals surface area (Å²) in [5, 5.41) is 27.4. The standard InChI is InChI=1S/C23H27O7P.C17H23O8P.H2NO.Na/c1-15(12-28-14-31(4,26)30-17-8-6-5-7-9-17)10-11-18-21(24)20-19(13-29-23(20)25)16(2)22(18)27-3;1-10(7-24-9-26(20,21)23-4)5-6-12-15(18)14-13(8-25-17(14)19)11(2)16(12)22-3;1-2;/h5-10,24H,11-14H2,1-4H3;5,18H,6-9H2,1-4H3,(H,20,21);1-2H;/q;;-1;+1/b15-10+;10-5+;;. The van der Waals surface area contributed by atoms with Gasteiger partial charge in [0.15, 0.2) is 0 Å². The summed E-state index contributed by atoms with van der Waals surface area (Å²) < 4.78 is 65.7. The van der Waals surface area contributed by atoms with Crippen LogP contribution in [-0.4, -0.2) is 86.2 Å². The molecule has 17 nitrogen and oxygen atoms in total. The third kappa shape index (κ3) is 13.7. The third-order valence-electron chi connectivity index (χ3n) is 9.17. The number of nitrogens with one attached hydrogen (secondary N) is 1. The second-order valence-corrected chi connectivity index (χ2v) is 17.9. The molecule has 2 unspecified atom stereocenters. The van der Waals surface area contributed by atoms with Crippen LogP contribution in [0.4, 0.5) is 0 Å². The maximum atomic E-state index is 12.6. The predicted molar refractivity (Wildman–Crippen MR) is 217 cm³/mol. The molecule has 3 aromatic carbocycles. The normalized spacial score (nSPS) is 15.0. The van der Waals surface area contributed by atoms with Gasteiger partial charge in [0.25, 0.3) is 7.37 Å². The van der Waals surface area contributed by atoms with Gasteiger partial charge in [-0.15, -0.1) is 0 Å². The number of para-hydroxylation sites is 1. The van der Waals surface area contributed by atoms with E-state index < -0.39 is 33.3 Å². The van der Waals surface area contributed by atoms with Crippen LogP contribution < -0.4 is 43.6 Å². The van der Waals surface area contributed by atoms with Crippen molar-refractivity contribution >= 4 is 26.9 Å². The summed E-state index contributed by atoms with van der Waals surface area (Å²) in [7, 11) is -2.49. The van der Waals surface area contributed by atoms with E-state index in [0.717, 1.165) is 29.4 Å². The Kier molecular flexibility index (Phi) is 21.0. The first-order valence-electron chi connectivity index (χ1n) is 18.0. The number of cyclic esters (lactones) is 2. The Morgan fingerprint density at radius 1 is 0.767 bits per heavy atom. The van der Waals surface area contributed by atoms with E-state index in [4.69, 9.17) is 44.0 Å².